The number of hydrogen-bond donors (Lipinski definition) is 2. The predicted octanol–water partition coefficient (Wildman–Crippen LogP) is 0.193. The minimum atomic E-state index is -0.104. The number of hydrogen-bond acceptors (Lipinski definition) is 3. The fourth-order valence-corrected chi connectivity index (χ4v) is 1.43. The Morgan fingerprint density at radius 3 is 2.69 bits per heavy atom. The van der Waals surface area contributed by atoms with Gasteiger partial charge in [-0.05, 0) is 12.6 Å². The van der Waals surface area contributed by atoms with Crippen molar-refractivity contribution in [3.8, 4) is 0 Å². The van der Waals surface area contributed by atoms with Gasteiger partial charge in [-0.15, -0.1) is 0 Å². The molecule has 1 aromatic rings. The summed E-state index contributed by atoms with van der Waals surface area (Å²) in [4.78, 5) is 13.1. The maximum Gasteiger partial charge on any atom is 0.233 e. The molecule has 0 unspecified atom stereocenters. The molecular weight excluding hydrogens is 202 g/mol. The standard InChI is InChI=1S/C12H19N3O/c1-15(8-7-14-12(16)9-13)10-11-5-3-2-4-6-11/h2-6H,7-10,13H2,1H3,(H,14,16). The third-order valence-corrected chi connectivity index (χ3v) is 2.30. The Bertz CT molecular complexity index is 313. The lowest BCUT2D eigenvalue weighted by Gasteiger charge is -2.16. The molecule has 0 aromatic heterocycles. The molecule has 0 saturated carbocycles. The number of nitrogens with one attached hydrogen (secondary N) is 1. The van der Waals surface area contributed by atoms with Crippen LogP contribution in [0.2, 0.25) is 0 Å². The summed E-state index contributed by atoms with van der Waals surface area (Å²) in [5.41, 5.74) is 6.46. The lowest BCUT2D eigenvalue weighted by atomic mass is 10.2. The second-order valence-electron chi connectivity index (χ2n) is 3.78. The fourth-order valence-electron chi connectivity index (χ4n) is 1.43. The van der Waals surface area contributed by atoms with Crippen LogP contribution in [0.3, 0.4) is 0 Å². The monoisotopic (exact) mass is 221 g/mol. The van der Waals surface area contributed by atoms with Crippen LogP contribution in [0.15, 0.2) is 30.3 Å². The molecular formula is C12H19N3O. The number of amides is 1. The second-order valence-corrected chi connectivity index (χ2v) is 3.78. The Labute approximate surface area is 96.4 Å². The van der Waals surface area contributed by atoms with Crippen LogP contribution >= 0.6 is 0 Å². The Hall–Kier alpha value is -1.39. The topological polar surface area (TPSA) is 58.4 Å². The van der Waals surface area contributed by atoms with Gasteiger partial charge in [0.25, 0.3) is 0 Å². The first kappa shape index (κ1) is 12.7. The first-order valence-corrected chi connectivity index (χ1v) is 5.41. The van der Waals surface area contributed by atoms with E-state index in [0.717, 1.165) is 13.1 Å². The van der Waals surface area contributed by atoms with Gasteiger partial charge >= 0.3 is 0 Å². The molecule has 88 valence electrons. The molecule has 0 aliphatic carbocycles. The number of carbonyl (C=O) groups excluding carboxylic acids is 1. The Morgan fingerprint density at radius 1 is 1.38 bits per heavy atom. The highest BCUT2D eigenvalue weighted by atomic mass is 16.1. The van der Waals surface area contributed by atoms with E-state index in [2.05, 4.69) is 22.3 Å². The van der Waals surface area contributed by atoms with E-state index in [1.54, 1.807) is 0 Å². The zero-order valence-corrected chi connectivity index (χ0v) is 9.65. The quantitative estimate of drug-likeness (QED) is 0.721. The normalized spacial score (nSPS) is 10.4. The summed E-state index contributed by atoms with van der Waals surface area (Å²) in [6.45, 7) is 2.40. The van der Waals surface area contributed by atoms with Crippen molar-refractivity contribution in [2.45, 2.75) is 6.54 Å². The van der Waals surface area contributed by atoms with Gasteiger partial charge < -0.3 is 16.0 Å². The van der Waals surface area contributed by atoms with Gasteiger partial charge in [-0.1, -0.05) is 30.3 Å². The van der Waals surface area contributed by atoms with Gasteiger partial charge in [0.1, 0.15) is 0 Å². The highest BCUT2D eigenvalue weighted by molar-refractivity contribution is 5.77. The van der Waals surface area contributed by atoms with Crippen molar-refractivity contribution in [2.24, 2.45) is 5.73 Å². The molecule has 0 atom stereocenters. The van der Waals surface area contributed by atoms with E-state index in [1.807, 2.05) is 25.2 Å². The molecule has 0 bridgehead atoms. The number of likely N-dealkylation sites (N-methyl/N-ethyl adjacent to an activating group) is 1. The van der Waals surface area contributed by atoms with Gasteiger partial charge in [-0.3, -0.25) is 4.79 Å². The molecule has 0 spiro atoms. The zero-order valence-electron chi connectivity index (χ0n) is 9.65. The Morgan fingerprint density at radius 2 is 2.06 bits per heavy atom. The molecule has 0 fully saturated rings. The summed E-state index contributed by atoms with van der Waals surface area (Å²) in [6.07, 6.45) is 0. The summed E-state index contributed by atoms with van der Waals surface area (Å²) in [6, 6.07) is 10.2. The zero-order chi connectivity index (χ0) is 11.8. The number of rotatable bonds is 6. The van der Waals surface area contributed by atoms with Gasteiger partial charge in [-0.25, -0.2) is 0 Å². The number of nitrogens with zero attached hydrogens (tertiary/aromatic N) is 1. The first-order valence-electron chi connectivity index (χ1n) is 5.41. The van der Waals surface area contributed by atoms with Crippen LogP contribution in [0.25, 0.3) is 0 Å². The van der Waals surface area contributed by atoms with Gasteiger partial charge in [0, 0.05) is 19.6 Å². The maximum absolute atomic E-state index is 10.9. The smallest absolute Gasteiger partial charge is 0.233 e. The molecule has 1 amide bonds. The largest absolute Gasteiger partial charge is 0.354 e. The summed E-state index contributed by atoms with van der Waals surface area (Å²) < 4.78 is 0. The van der Waals surface area contributed by atoms with Gasteiger partial charge in [0.15, 0.2) is 0 Å². The van der Waals surface area contributed by atoms with E-state index in [4.69, 9.17) is 5.73 Å². The average molecular weight is 221 g/mol. The third kappa shape index (κ3) is 4.91. The predicted molar refractivity (Wildman–Crippen MR) is 64.8 cm³/mol. The van der Waals surface area contributed by atoms with Crippen molar-refractivity contribution < 1.29 is 4.79 Å². The van der Waals surface area contributed by atoms with Crippen molar-refractivity contribution >= 4 is 5.91 Å². The molecule has 3 N–H and O–H groups in total. The molecule has 16 heavy (non-hydrogen) atoms. The molecule has 0 saturated heterocycles. The van der Waals surface area contributed by atoms with Crippen LogP contribution in [0.5, 0.6) is 0 Å². The highest BCUT2D eigenvalue weighted by Crippen LogP contribution is 2.01. The molecule has 0 aliphatic rings. The minimum Gasteiger partial charge on any atom is -0.354 e. The van der Waals surface area contributed by atoms with Crippen LogP contribution in [0, 0.1) is 0 Å². The number of carbonyl (C=O) groups is 1. The van der Waals surface area contributed by atoms with Crippen molar-refractivity contribution in [3.05, 3.63) is 35.9 Å². The SMILES string of the molecule is CN(CCNC(=O)CN)Cc1ccccc1. The summed E-state index contributed by atoms with van der Waals surface area (Å²) in [5.74, 6) is -0.104. The van der Waals surface area contributed by atoms with Gasteiger partial charge in [0.05, 0.1) is 6.54 Å². The molecule has 0 aliphatic heterocycles. The first-order chi connectivity index (χ1) is 7.72. The van der Waals surface area contributed by atoms with Crippen molar-refractivity contribution in [3.63, 3.8) is 0 Å². The Balaban J connectivity index is 2.21. The molecule has 4 heteroatoms. The van der Waals surface area contributed by atoms with E-state index < -0.39 is 0 Å². The molecule has 4 nitrogen and oxygen atoms in total. The molecule has 0 radical (unpaired) electrons. The van der Waals surface area contributed by atoms with Crippen LogP contribution in [0.1, 0.15) is 5.56 Å². The van der Waals surface area contributed by atoms with Crippen LogP contribution < -0.4 is 11.1 Å². The van der Waals surface area contributed by atoms with Crippen molar-refractivity contribution in [1.29, 1.82) is 0 Å². The van der Waals surface area contributed by atoms with E-state index in [0.29, 0.717) is 6.54 Å². The van der Waals surface area contributed by atoms with E-state index in [1.165, 1.54) is 5.56 Å². The minimum absolute atomic E-state index is 0.0579. The second kappa shape index (κ2) is 6.98. The highest BCUT2D eigenvalue weighted by Gasteiger charge is 2.00. The number of nitrogens with two attached hydrogens (primary N) is 1. The van der Waals surface area contributed by atoms with E-state index in [9.17, 15) is 4.79 Å². The molecule has 1 rings (SSSR count). The van der Waals surface area contributed by atoms with E-state index >= 15 is 0 Å². The average Bonchev–Trinajstić information content (AvgIpc) is 2.30. The fraction of sp³-hybridized carbons (Fsp3) is 0.417. The molecule has 0 heterocycles. The third-order valence-electron chi connectivity index (χ3n) is 2.30. The van der Waals surface area contributed by atoms with Crippen LogP contribution in [-0.2, 0) is 11.3 Å². The number of benzene rings is 1. The summed E-state index contributed by atoms with van der Waals surface area (Å²) in [5, 5.41) is 2.74. The maximum atomic E-state index is 10.9. The van der Waals surface area contributed by atoms with Gasteiger partial charge in [0.2, 0.25) is 5.91 Å². The van der Waals surface area contributed by atoms with Crippen molar-refractivity contribution in [1.82, 2.24) is 10.2 Å². The Kier molecular flexibility index (Phi) is 5.53. The van der Waals surface area contributed by atoms with Crippen molar-refractivity contribution in [2.75, 3.05) is 26.7 Å². The van der Waals surface area contributed by atoms with Crippen LogP contribution in [0.4, 0.5) is 0 Å². The molecule has 1 aromatic carbocycles. The lowest BCUT2D eigenvalue weighted by Crippen LogP contribution is -2.36. The van der Waals surface area contributed by atoms with Gasteiger partial charge in [-0.2, -0.15) is 0 Å². The summed E-state index contributed by atoms with van der Waals surface area (Å²) >= 11 is 0. The van der Waals surface area contributed by atoms with Crippen LogP contribution in [-0.4, -0.2) is 37.5 Å². The summed E-state index contributed by atoms with van der Waals surface area (Å²) in [7, 11) is 2.03. The lowest BCUT2D eigenvalue weighted by molar-refractivity contribution is -0.119. The van der Waals surface area contributed by atoms with E-state index in [-0.39, 0.29) is 12.5 Å².